The molecular formula is C19H28N2O5Si. The van der Waals surface area contributed by atoms with E-state index in [0.29, 0.717) is 29.2 Å². The molecule has 1 amide bonds. The number of amides is 1. The van der Waals surface area contributed by atoms with E-state index in [1.165, 1.54) is 14.2 Å². The van der Waals surface area contributed by atoms with Crippen LogP contribution >= 0.6 is 0 Å². The summed E-state index contributed by atoms with van der Waals surface area (Å²) < 4.78 is 22.5. The van der Waals surface area contributed by atoms with Gasteiger partial charge in [0.15, 0.2) is 25.4 Å². The number of hydrogen-bond acceptors (Lipinski definition) is 6. The molecule has 0 radical (unpaired) electrons. The molecule has 7 nitrogen and oxygen atoms in total. The number of ether oxygens (including phenoxy) is 3. The average molecular weight is 393 g/mol. The lowest BCUT2D eigenvalue weighted by atomic mass is 9.83. The molecule has 2 atom stereocenters. The van der Waals surface area contributed by atoms with Crippen LogP contribution in [0.1, 0.15) is 25.8 Å². The lowest BCUT2D eigenvalue weighted by molar-refractivity contribution is 0.0909. The summed E-state index contributed by atoms with van der Waals surface area (Å²) in [5.74, 6) is 0.952. The fourth-order valence-corrected chi connectivity index (χ4v) is 4.75. The summed E-state index contributed by atoms with van der Waals surface area (Å²) >= 11 is 0. The first-order chi connectivity index (χ1) is 12.6. The van der Waals surface area contributed by atoms with Crippen LogP contribution in [0.15, 0.2) is 12.1 Å². The summed E-state index contributed by atoms with van der Waals surface area (Å²) in [5.41, 5.74) is -0.0252. The molecule has 8 heteroatoms. The number of benzene rings is 1. The van der Waals surface area contributed by atoms with Crippen LogP contribution in [-0.4, -0.2) is 41.3 Å². The van der Waals surface area contributed by atoms with Gasteiger partial charge >= 0.3 is 6.09 Å². The molecule has 0 aromatic heterocycles. The fourth-order valence-electron chi connectivity index (χ4n) is 3.47. The lowest BCUT2D eigenvalue weighted by Crippen LogP contribution is -2.52. The highest BCUT2D eigenvalue weighted by molar-refractivity contribution is 6.69. The second-order valence-corrected chi connectivity index (χ2v) is 11.9. The van der Waals surface area contributed by atoms with Gasteiger partial charge in [0, 0.05) is 24.1 Å². The van der Waals surface area contributed by atoms with E-state index in [1.807, 2.05) is 26.6 Å². The Morgan fingerprint density at radius 3 is 2.37 bits per heavy atom. The zero-order valence-electron chi connectivity index (χ0n) is 17.1. The molecule has 1 aliphatic heterocycles. The first-order valence-electron chi connectivity index (χ1n) is 8.96. The highest BCUT2D eigenvalue weighted by Gasteiger charge is 2.48. The van der Waals surface area contributed by atoms with Crippen LogP contribution in [0.25, 0.3) is 0 Å². The summed E-state index contributed by atoms with van der Waals surface area (Å²) in [6.45, 7) is 10.0. The monoisotopic (exact) mass is 392 g/mol. The van der Waals surface area contributed by atoms with Gasteiger partial charge in [-0.25, -0.2) is 4.79 Å². The van der Waals surface area contributed by atoms with Crippen molar-refractivity contribution in [3.63, 3.8) is 0 Å². The largest absolute Gasteiger partial charge is 0.493 e. The van der Waals surface area contributed by atoms with Crippen molar-refractivity contribution in [3.8, 4) is 17.6 Å². The van der Waals surface area contributed by atoms with E-state index in [9.17, 15) is 10.1 Å². The molecule has 0 saturated carbocycles. The maximum atomic E-state index is 12.6. The van der Waals surface area contributed by atoms with Crippen LogP contribution in [0, 0.1) is 11.3 Å². The Balaban J connectivity index is 2.76. The summed E-state index contributed by atoms with van der Waals surface area (Å²) in [4.78, 5) is 14.2. The molecule has 0 fully saturated rings. The van der Waals surface area contributed by atoms with Crippen molar-refractivity contribution >= 4 is 20.1 Å². The molecule has 27 heavy (non-hydrogen) atoms. The van der Waals surface area contributed by atoms with E-state index in [1.54, 1.807) is 24.0 Å². The summed E-state index contributed by atoms with van der Waals surface area (Å²) in [7, 11) is 0.984. The topological polar surface area (TPSA) is 81.0 Å². The fraction of sp³-hybridized carbons (Fsp3) is 0.579. The Morgan fingerprint density at radius 2 is 1.89 bits per heavy atom. The summed E-state index contributed by atoms with van der Waals surface area (Å²) in [5, 5.41) is 10.1. The van der Waals surface area contributed by atoms with E-state index < -0.39 is 20.0 Å². The lowest BCUT2D eigenvalue weighted by Gasteiger charge is -2.45. The molecule has 148 valence electrons. The van der Waals surface area contributed by atoms with Crippen molar-refractivity contribution in [1.29, 1.82) is 5.26 Å². The third-order valence-electron chi connectivity index (χ3n) is 4.35. The SMILES string of the molecule is CCOC(=O)N1c2cc(OC)c(OC)cc2C(C#N)(O[Si](C)(C)C)CC1C. The van der Waals surface area contributed by atoms with Gasteiger partial charge in [0.25, 0.3) is 0 Å². The molecule has 0 N–H and O–H groups in total. The Kier molecular flexibility index (Phi) is 6.07. The van der Waals surface area contributed by atoms with Crippen LogP contribution in [0.4, 0.5) is 10.5 Å². The molecule has 2 unspecified atom stereocenters. The molecule has 0 aliphatic carbocycles. The van der Waals surface area contributed by atoms with E-state index in [-0.39, 0.29) is 12.6 Å². The number of rotatable bonds is 5. The van der Waals surface area contributed by atoms with Crippen molar-refractivity contribution in [2.24, 2.45) is 0 Å². The second-order valence-electron chi connectivity index (χ2n) is 7.50. The Labute approximate surface area is 161 Å². The zero-order valence-corrected chi connectivity index (χ0v) is 18.1. The van der Waals surface area contributed by atoms with Gasteiger partial charge in [-0.3, -0.25) is 4.90 Å². The normalized spacial score (nSPS) is 21.9. The number of fused-ring (bicyclic) bond motifs is 1. The molecule has 0 spiro atoms. The first kappa shape index (κ1) is 21.1. The minimum absolute atomic E-state index is 0.263. The van der Waals surface area contributed by atoms with Crippen LogP contribution in [-0.2, 0) is 14.8 Å². The van der Waals surface area contributed by atoms with Gasteiger partial charge in [-0.2, -0.15) is 5.26 Å². The number of hydrogen-bond donors (Lipinski definition) is 0. The van der Waals surface area contributed by atoms with Crippen molar-refractivity contribution in [2.45, 2.75) is 51.6 Å². The first-order valence-corrected chi connectivity index (χ1v) is 12.4. The summed E-state index contributed by atoms with van der Waals surface area (Å²) in [6, 6.07) is 5.53. The molecular weight excluding hydrogens is 364 g/mol. The van der Waals surface area contributed by atoms with Crippen LogP contribution in [0.5, 0.6) is 11.5 Å². The van der Waals surface area contributed by atoms with E-state index in [4.69, 9.17) is 18.6 Å². The van der Waals surface area contributed by atoms with Crippen molar-refractivity contribution < 1.29 is 23.4 Å². The molecule has 1 heterocycles. The van der Waals surface area contributed by atoms with Gasteiger partial charge < -0.3 is 18.6 Å². The number of nitrogens with zero attached hydrogens (tertiary/aromatic N) is 2. The van der Waals surface area contributed by atoms with Crippen molar-refractivity contribution in [2.75, 3.05) is 25.7 Å². The van der Waals surface area contributed by atoms with Gasteiger partial charge in [0.2, 0.25) is 0 Å². The Bertz CT molecular complexity index is 756. The van der Waals surface area contributed by atoms with Gasteiger partial charge in [0.05, 0.1) is 26.5 Å². The van der Waals surface area contributed by atoms with Crippen LogP contribution < -0.4 is 14.4 Å². The smallest absolute Gasteiger partial charge is 0.414 e. The molecule has 2 rings (SSSR count). The highest BCUT2D eigenvalue weighted by atomic mass is 28.4. The van der Waals surface area contributed by atoms with Crippen molar-refractivity contribution in [1.82, 2.24) is 0 Å². The number of anilines is 1. The molecule has 0 bridgehead atoms. The Hall–Kier alpha value is -2.24. The minimum atomic E-state index is -2.08. The number of carbonyl (C=O) groups is 1. The minimum Gasteiger partial charge on any atom is -0.493 e. The van der Waals surface area contributed by atoms with E-state index in [0.717, 1.165) is 0 Å². The van der Waals surface area contributed by atoms with Gasteiger partial charge in [-0.05, 0) is 39.6 Å². The van der Waals surface area contributed by atoms with Gasteiger partial charge in [-0.1, -0.05) is 0 Å². The molecule has 1 aliphatic rings. The van der Waals surface area contributed by atoms with E-state index in [2.05, 4.69) is 6.07 Å². The van der Waals surface area contributed by atoms with Crippen LogP contribution in [0.2, 0.25) is 19.6 Å². The van der Waals surface area contributed by atoms with Gasteiger partial charge in [0.1, 0.15) is 6.07 Å². The van der Waals surface area contributed by atoms with E-state index >= 15 is 0 Å². The van der Waals surface area contributed by atoms with Crippen molar-refractivity contribution in [3.05, 3.63) is 17.7 Å². The molecule has 1 aromatic carbocycles. The maximum Gasteiger partial charge on any atom is 0.414 e. The number of methoxy groups -OCH3 is 2. The van der Waals surface area contributed by atoms with Gasteiger partial charge in [-0.15, -0.1) is 0 Å². The average Bonchev–Trinajstić information content (AvgIpc) is 2.59. The standard InChI is InChI=1S/C19H28N2O5Si/c1-8-25-18(22)21-13(2)11-19(12-20,26-27(5,6)7)14-9-16(23-3)17(24-4)10-15(14)21/h9-10,13H,8,11H2,1-7H3. The molecule has 0 saturated heterocycles. The third-order valence-corrected chi connectivity index (χ3v) is 5.31. The predicted octanol–water partition coefficient (Wildman–Crippen LogP) is 4.03. The Morgan fingerprint density at radius 1 is 1.30 bits per heavy atom. The highest BCUT2D eigenvalue weighted by Crippen LogP contribution is 2.49. The summed E-state index contributed by atoms with van der Waals surface area (Å²) in [6.07, 6.45) is -0.118. The molecule has 1 aromatic rings. The quantitative estimate of drug-likeness (QED) is 0.704. The third kappa shape index (κ3) is 4.04. The number of nitriles is 1. The number of carbonyl (C=O) groups excluding carboxylic acids is 1. The predicted molar refractivity (Wildman–Crippen MR) is 105 cm³/mol. The zero-order chi connectivity index (χ0) is 20.4. The maximum absolute atomic E-state index is 12.6. The van der Waals surface area contributed by atoms with Crippen LogP contribution in [0.3, 0.4) is 0 Å². The second kappa shape index (κ2) is 7.78.